The van der Waals surface area contributed by atoms with Gasteiger partial charge in [-0.3, -0.25) is 10.2 Å². The lowest BCUT2D eigenvalue weighted by Crippen LogP contribution is -2.30. The first-order valence-electron chi connectivity index (χ1n) is 6.15. The van der Waals surface area contributed by atoms with Crippen molar-refractivity contribution in [2.24, 2.45) is 0 Å². The highest BCUT2D eigenvalue weighted by Crippen LogP contribution is 2.28. The molecule has 1 aliphatic rings. The second kappa shape index (κ2) is 4.98. The zero-order valence-electron chi connectivity index (χ0n) is 10.6. The molecule has 19 heavy (non-hydrogen) atoms. The van der Waals surface area contributed by atoms with E-state index in [0.717, 1.165) is 21.5 Å². The Hall–Kier alpha value is -1.33. The third kappa shape index (κ3) is 2.53. The van der Waals surface area contributed by atoms with Crippen LogP contribution in [0.4, 0.5) is 0 Å². The molecular weight excluding hydrogens is 276 g/mol. The summed E-state index contributed by atoms with van der Waals surface area (Å²) < 4.78 is 1.14. The van der Waals surface area contributed by atoms with Crippen LogP contribution in [0.15, 0.2) is 30.3 Å². The zero-order valence-corrected chi connectivity index (χ0v) is 12.2. The monoisotopic (exact) mass is 290 g/mol. The highest BCUT2D eigenvalue weighted by atomic mass is 32.2. The SMILES string of the molecule is CC1CN(CC(=O)c2cc3ccccc3s2)C(=N)S1. The van der Waals surface area contributed by atoms with Crippen molar-refractivity contribution in [2.45, 2.75) is 12.2 Å². The van der Waals surface area contributed by atoms with Gasteiger partial charge in [-0.25, -0.2) is 0 Å². The number of carbonyl (C=O) groups excluding carboxylic acids is 1. The van der Waals surface area contributed by atoms with Crippen LogP contribution in [0.1, 0.15) is 16.6 Å². The molecule has 2 aromatic rings. The summed E-state index contributed by atoms with van der Waals surface area (Å²) in [6, 6.07) is 9.99. The summed E-state index contributed by atoms with van der Waals surface area (Å²) in [5.41, 5.74) is 0. The fraction of sp³-hybridized carbons (Fsp3) is 0.286. The maximum Gasteiger partial charge on any atom is 0.192 e. The van der Waals surface area contributed by atoms with E-state index in [0.29, 0.717) is 17.0 Å². The number of thiophene rings is 1. The summed E-state index contributed by atoms with van der Waals surface area (Å²) in [4.78, 5) is 14.9. The van der Waals surface area contributed by atoms with E-state index in [9.17, 15) is 4.79 Å². The first-order chi connectivity index (χ1) is 9.13. The van der Waals surface area contributed by atoms with Gasteiger partial charge >= 0.3 is 0 Å². The topological polar surface area (TPSA) is 44.2 Å². The number of amidine groups is 1. The van der Waals surface area contributed by atoms with Gasteiger partial charge in [-0.05, 0) is 17.5 Å². The van der Waals surface area contributed by atoms with Gasteiger partial charge in [-0.15, -0.1) is 11.3 Å². The predicted molar refractivity (Wildman–Crippen MR) is 82.5 cm³/mol. The molecule has 1 N–H and O–H groups in total. The van der Waals surface area contributed by atoms with E-state index in [-0.39, 0.29) is 5.78 Å². The second-order valence-corrected chi connectivity index (χ2v) is 7.20. The summed E-state index contributed by atoms with van der Waals surface area (Å²) in [6.45, 7) is 3.20. The fourth-order valence-corrected chi connectivity index (χ4v) is 4.12. The van der Waals surface area contributed by atoms with E-state index < -0.39 is 0 Å². The average Bonchev–Trinajstić information content (AvgIpc) is 2.93. The minimum Gasteiger partial charge on any atom is -0.343 e. The van der Waals surface area contributed by atoms with Gasteiger partial charge in [0, 0.05) is 16.5 Å². The number of nitrogens with zero attached hydrogens (tertiary/aromatic N) is 1. The minimum atomic E-state index is 0.112. The fourth-order valence-electron chi connectivity index (χ4n) is 2.20. The van der Waals surface area contributed by atoms with Gasteiger partial charge in [-0.2, -0.15) is 0 Å². The van der Waals surface area contributed by atoms with Crippen LogP contribution in [0.25, 0.3) is 10.1 Å². The molecule has 1 aliphatic heterocycles. The number of carbonyl (C=O) groups is 1. The van der Waals surface area contributed by atoms with Crippen molar-refractivity contribution in [3.05, 3.63) is 35.2 Å². The summed E-state index contributed by atoms with van der Waals surface area (Å²) in [5.74, 6) is 0.112. The third-order valence-electron chi connectivity index (χ3n) is 3.11. The molecule has 1 aromatic carbocycles. The molecule has 1 saturated heterocycles. The van der Waals surface area contributed by atoms with Crippen molar-refractivity contribution in [3.63, 3.8) is 0 Å². The number of fused-ring (bicyclic) bond motifs is 1. The second-order valence-electron chi connectivity index (χ2n) is 4.69. The molecule has 1 atom stereocenters. The number of Topliss-reactive ketones (excluding diaryl/α,β-unsaturated/α-hetero) is 1. The van der Waals surface area contributed by atoms with Gasteiger partial charge in [0.25, 0.3) is 0 Å². The molecule has 0 radical (unpaired) electrons. The van der Waals surface area contributed by atoms with Gasteiger partial charge in [0.1, 0.15) is 0 Å². The van der Waals surface area contributed by atoms with Crippen LogP contribution in [0.2, 0.25) is 0 Å². The van der Waals surface area contributed by atoms with Crippen LogP contribution in [0, 0.1) is 5.41 Å². The standard InChI is InChI=1S/C14H14N2OS2/c1-9-7-16(14(15)18-9)8-11(17)13-6-10-4-2-3-5-12(10)19-13/h2-6,9,15H,7-8H2,1H3. The largest absolute Gasteiger partial charge is 0.343 e. The van der Waals surface area contributed by atoms with Gasteiger partial charge in [0.2, 0.25) is 0 Å². The van der Waals surface area contributed by atoms with Crippen molar-refractivity contribution < 1.29 is 4.79 Å². The summed E-state index contributed by atoms with van der Waals surface area (Å²) in [6.07, 6.45) is 0. The Balaban J connectivity index is 1.78. The van der Waals surface area contributed by atoms with Crippen molar-refractivity contribution in [1.29, 1.82) is 5.41 Å². The molecule has 1 aromatic heterocycles. The van der Waals surface area contributed by atoms with Crippen molar-refractivity contribution in [2.75, 3.05) is 13.1 Å². The summed E-state index contributed by atoms with van der Waals surface area (Å²) >= 11 is 3.07. The molecule has 0 bridgehead atoms. The van der Waals surface area contributed by atoms with Crippen LogP contribution in [0.3, 0.4) is 0 Å². The minimum absolute atomic E-state index is 0.112. The number of thioether (sulfide) groups is 1. The molecule has 3 nitrogen and oxygen atoms in total. The first-order valence-corrected chi connectivity index (χ1v) is 7.85. The van der Waals surface area contributed by atoms with Gasteiger partial charge in [0.15, 0.2) is 11.0 Å². The lowest BCUT2D eigenvalue weighted by atomic mass is 10.2. The van der Waals surface area contributed by atoms with Gasteiger partial charge < -0.3 is 4.90 Å². The predicted octanol–water partition coefficient (Wildman–Crippen LogP) is 3.46. The molecular formula is C14H14N2OS2. The Morgan fingerprint density at radius 1 is 1.47 bits per heavy atom. The van der Waals surface area contributed by atoms with Crippen LogP contribution in [-0.4, -0.2) is 34.2 Å². The molecule has 1 fully saturated rings. The van der Waals surface area contributed by atoms with Crippen molar-refractivity contribution >= 4 is 44.1 Å². The number of ketones is 1. The number of rotatable bonds is 3. The van der Waals surface area contributed by atoms with Gasteiger partial charge in [-0.1, -0.05) is 36.9 Å². The van der Waals surface area contributed by atoms with Crippen molar-refractivity contribution in [3.8, 4) is 0 Å². The van der Waals surface area contributed by atoms with E-state index in [1.54, 1.807) is 0 Å². The average molecular weight is 290 g/mol. The number of hydrogen-bond donors (Lipinski definition) is 1. The molecule has 0 amide bonds. The first kappa shape index (κ1) is 12.7. The van der Waals surface area contributed by atoms with Crippen LogP contribution in [0.5, 0.6) is 0 Å². The Morgan fingerprint density at radius 3 is 2.95 bits per heavy atom. The Labute approximate surface area is 120 Å². The molecule has 3 rings (SSSR count). The number of nitrogens with one attached hydrogen (secondary N) is 1. The molecule has 98 valence electrons. The summed E-state index contributed by atoms with van der Waals surface area (Å²) in [7, 11) is 0. The van der Waals surface area contributed by atoms with Crippen LogP contribution >= 0.6 is 23.1 Å². The van der Waals surface area contributed by atoms with E-state index in [1.165, 1.54) is 23.1 Å². The molecule has 2 heterocycles. The van der Waals surface area contributed by atoms with E-state index in [1.807, 2.05) is 35.2 Å². The Bertz CT molecular complexity index is 617. The molecule has 5 heteroatoms. The Morgan fingerprint density at radius 2 is 2.26 bits per heavy atom. The molecule has 0 spiro atoms. The molecule has 1 unspecified atom stereocenters. The van der Waals surface area contributed by atoms with Gasteiger partial charge in [0.05, 0.1) is 11.4 Å². The lowest BCUT2D eigenvalue weighted by molar-refractivity contribution is 0.0969. The van der Waals surface area contributed by atoms with Crippen LogP contribution < -0.4 is 0 Å². The number of benzene rings is 1. The van der Waals surface area contributed by atoms with E-state index in [2.05, 4.69) is 6.92 Å². The normalized spacial score (nSPS) is 19.3. The maximum absolute atomic E-state index is 12.3. The third-order valence-corrected chi connectivity index (χ3v) is 5.30. The number of hydrogen-bond acceptors (Lipinski definition) is 4. The van der Waals surface area contributed by atoms with Crippen LogP contribution in [-0.2, 0) is 0 Å². The zero-order chi connectivity index (χ0) is 13.4. The quantitative estimate of drug-likeness (QED) is 0.880. The Kier molecular flexibility index (Phi) is 3.33. The van der Waals surface area contributed by atoms with E-state index in [4.69, 9.17) is 5.41 Å². The maximum atomic E-state index is 12.3. The highest BCUT2D eigenvalue weighted by molar-refractivity contribution is 8.14. The highest BCUT2D eigenvalue weighted by Gasteiger charge is 2.26. The molecule has 0 aliphatic carbocycles. The molecule has 0 saturated carbocycles. The van der Waals surface area contributed by atoms with E-state index >= 15 is 0 Å². The van der Waals surface area contributed by atoms with Crippen molar-refractivity contribution in [1.82, 2.24) is 4.90 Å². The smallest absolute Gasteiger partial charge is 0.192 e. The summed E-state index contributed by atoms with van der Waals surface area (Å²) in [5, 5.41) is 9.88. The lowest BCUT2D eigenvalue weighted by Gasteiger charge is -2.14.